The van der Waals surface area contributed by atoms with Gasteiger partial charge in [-0.15, -0.1) is 0 Å². The van der Waals surface area contributed by atoms with Crippen LogP contribution in [0.4, 0.5) is 11.4 Å². The van der Waals surface area contributed by atoms with Gasteiger partial charge in [0.1, 0.15) is 0 Å². The molecule has 0 N–H and O–H groups in total. The molecule has 1 saturated carbocycles. The second kappa shape index (κ2) is 4.11. The number of allylic oxidation sites excluding steroid dienone is 2. The topological polar surface area (TPSA) is 23.6 Å². The first-order chi connectivity index (χ1) is 9.65. The van der Waals surface area contributed by atoms with Crippen LogP contribution in [-0.4, -0.2) is 26.5 Å². The summed E-state index contributed by atoms with van der Waals surface area (Å²) in [5, 5.41) is 0. The lowest BCUT2D eigenvalue weighted by Gasteiger charge is -2.20. The average Bonchev–Trinajstić information content (AvgIpc) is 3.12. The molecule has 4 atom stereocenters. The summed E-state index contributed by atoms with van der Waals surface area (Å²) in [5.74, 6) is 2.28. The second-order valence-corrected chi connectivity index (χ2v) is 6.50. The zero-order chi connectivity index (χ0) is 13.9. The van der Waals surface area contributed by atoms with Crippen LogP contribution in [0.5, 0.6) is 0 Å². The number of hydrogen-bond donors (Lipinski definition) is 0. The van der Waals surface area contributed by atoms with E-state index in [9.17, 15) is 4.79 Å². The van der Waals surface area contributed by atoms with Crippen molar-refractivity contribution < 1.29 is 4.79 Å². The Kier molecular flexibility index (Phi) is 2.47. The van der Waals surface area contributed by atoms with Crippen LogP contribution in [0.25, 0.3) is 0 Å². The Bertz CT molecular complexity index is 575. The highest BCUT2D eigenvalue weighted by Crippen LogP contribution is 2.52. The number of nitrogens with zero attached hydrogens (tertiary/aromatic N) is 2. The molecule has 1 aliphatic heterocycles. The second-order valence-electron chi connectivity index (χ2n) is 6.50. The Labute approximate surface area is 119 Å². The largest absolute Gasteiger partial charge is 0.378 e. The minimum Gasteiger partial charge on any atom is -0.378 e. The molecule has 1 heterocycles. The van der Waals surface area contributed by atoms with Crippen molar-refractivity contribution in [2.24, 2.45) is 23.7 Å². The van der Waals surface area contributed by atoms with Crippen molar-refractivity contribution in [3.63, 3.8) is 0 Å². The maximum Gasteiger partial charge on any atom is 0.231 e. The van der Waals surface area contributed by atoms with Crippen molar-refractivity contribution in [3.05, 3.63) is 36.4 Å². The normalized spacial score (nSPS) is 33.9. The standard InChI is InChI=1S/C17H20N2O/c1-18(2)13-5-7-14(8-6-13)19-10-15-11-3-4-12(9-11)16(15)17(19)20/h3-8,11-12,15-16H,9-10H2,1-2H3. The summed E-state index contributed by atoms with van der Waals surface area (Å²) in [5.41, 5.74) is 2.22. The fourth-order valence-corrected chi connectivity index (χ4v) is 4.18. The van der Waals surface area contributed by atoms with Crippen molar-refractivity contribution in [1.29, 1.82) is 0 Å². The fraction of sp³-hybridized carbons (Fsp3) is 0.471. The summed E-state index contributed by atoms with van der Waals surface area (Å²) in [6.45, 7) is 0.899. The first kappa shape index (κ1) is 12.0. The molecule has 20 heavy (non-hydrogen) atoms. The summed E-state index contributed by atoms with van der Waals surface area (Å²) in [6, 6.07) is 8.32. The maximum absolute atomic E-state index is 12.7. The van der Waals surface area contributed by atoms with Gasteiger partial charge in [0.25, 0.3) is 0 Å². The summed E-state index contributed by atoms with van der Waals surface area (Å²) in [7, 11) is 4.06. The summed E-state index contributed by atoms with van der Waals surface area (Å²) in [4.78, 5) is 16.8. The molecular formula is C17H20N2O. The highest BCUT2D eigenvalue weighted by molar-refractivity contribution is 5.98. The number of fused-ring (bicyclic) bond motifs is 5. The number of carbonyl (C=O) groups excluding carboxylic acids is 1. The predicted molar refractivity (Wildman–Crippen MR) is 80.8 cm³/mol. The van der Waals surface area contributed by atoms with Gasteiger partial charge < -0.3 is 9.80 Å². The van der Waals surface area contributed by atoms with Gasteiger partial charge in [0.2, 0.25) is 5.91 Å². The number of carbonyl (C=O) groups is 1. The fourth-order valence-electron chi connectivity index (χ4n) is 4.18. The van der Waals surface area contributed by atoms with Crippen LogP contribution in [0.1, 0.15) is 6.42 Å². The minimum absolute atomic E-state index is 0.249. The van der Waals surface area contributed by atoms with Crippen LogP contribution in [-0.2, 0) is 4.79 Å². The van der Waals surface area contributed by atoms with E-state index in [0.29, 0.717) is 23.7 Å². The lowest BCUT2D eigenvalue weighted by atomic mass is 9.86. The third-order valence-electron chi connectivity index (χ3n) is 5.24. The molecule has 1 aromatic rings. The van der Waals surface area contributed by atoms with Crippen LogP contribution >= 0.6 is 0 Å². The Hall–Kier alpha value is -1.77. The molecule has 4 unspecified atom stereocenters. The monoisotopic (exact) mass is 268 g/mol. The lowest BCUT2D eigenvalue weighted by molar-refractivity contribution is -0.121. The zero-order valence-electron chi connectivity index (χ0n) is 12.0. The molecule has 3 nitrogen and oxygen atoms in total. The molecule has 0 spiro atoms. The quantitative estimate of drug-likeness (QED) is 0.770. The minimum atomic E-state index is 0.249. The molecule has 2 fully saturated rings. The Morgan fingerprint density at radius 3 is 2.45 bits per heavy atom. The third-order valence-corrected chi connectivity index (χ3v) is 5.24. The van der Waals surface area contributed by atoms with E-state index in [-0.39, 0.29) is 5.92 Å². The number of rotatable bonds is 2. The molecule has 3 heteroatoms. The molecule has 1 saturated heterocycles. The number of hydrogen-bond acceptors (Lipinski definition) is 2. The van der Waals surface area contributed by atoms with E-state index in [2.05, 4.69) is 41.3 Å². The molecule has 2 bridgehead atoms. The predicted octanol–water partition coefficient (Wildman–Crippen LogP) is 2.54. The molecule has 2 aliphatic carbocycles. The average molecular weight is 268 g/mol. The molecule has 104 valence electrons. The lowest BCUT2D eigenvalue weighted by Crippen LogP contribution is -2.29. The van der Waals surface area contributed by atoms with Crippen LogP contribution in [0, 0.1) is 23.7 Å². The van der Waals surface area contributed by atoms with Crippen LogP contribution < -0.4 is 9.80 Å². The van der Waals surface area contributed by atoms with Gasteiger partial charge in [-0.25, -0.2) is 0 Å². The van der Waals surface area contributed by atoms with Gasteiger partial charge in [-0.3, -0.25) is 4.79 Å². The first-order valence-electron chi connectivity index (χ1n) is 7.42. The van der Waals surface area contributed by atoms with E-state index in [1.54, 1.807) is 0 Å². The zero-order valence-corrected chi connectivity index (χ0v) is 12.0. The van der Waals surface area contributed by atoms with E-state index < -0.39 is 0 Å². The van der Waals surface area contributed by atoms with E-state index in [0.717, 1.165) is 12.2 Å². The Morgan fingerprint density at radius 2 is 1.80 bits per heavy atom. The van der Waals surface area contributed by atoms with Crippen molar-refractivity contribution in [1.82, 2.24) is 0 Å². The molecule has 0 aromatic heterocycles. The van der Waals surface area contributed by atoms with Gasteiger partial charge in [-0.1, -0.05) is 12.2 Å². The maximum atomic E-state index is 12.7. The Balaban J connectivity index is 1.60. The van der Waals surface area contributed by atoms with E-state index in [1.807, 2.05) is 19.0 Å². The van der Waals surface area contributed by atoms with Gasteiger partial charge in [0, 0.05) is 37.9 Å². The number of anilines is 2. The summed E-state index contributed by atoms with van der Waals surface area (Å²) < 4.78 is 0. The highest BCUT2D eigenvalue weighted by atomic mass is 16.2. The van der Waals surface area contributed by atoms with Gasteiger partial charge in [-0.2, -0.15) is 0 Å². The summed E-state index contributed by atoms with van der Waals surface area (Å²) in [6.07, 6.45) is 5.80. The van der Waals surface area contributed by atoms with Gasteiger partial charge in [-0.05, 0) is 48.4 Å². The Morgan fingerprint density at radius 1 is 1.10 bits per heavy atom. The van der Waals surface area contributed by atoms with E-state index in [4.69, 9.17) is 0 Å². The van der Waals surface area contributed by atoms with Gasteiger partial charge >= 0.3 is 0 Å². The molecule has 1 amide bonds. The van der Waals surface area contributed by atoms with Crippen molar-refractivity contribution in [3.8, 4) is 0 Å². The van der Waals surface area contributed by atoms with Crippen molar-refractivity contribution in [2.45, 2.75) is 6.42 Å². The first-order valence-corrected chi connectivity index (χ1v) is 7.42. The van der Waals surface area contributed by atoms with Gasteiger partial charge in [0.15, 0.2) is 0 Å². The number of benzene rings is 1. The van der Waals surface area contributed by atoms with E-state index in [1.165, 1.54) is 12.1 Å². The smallest absolute Gasteiger partial charge is 0.231 e. The van der Waals surface area contributed by atoms with Crippen molar-refractivity contribution >= 4 is 17.3 Å². The molecule has 3 aliphatic rings. The van der Waals surface area contributed by atoms with E-state index >= 15 is 0 Å². The highest BCUT2D eigenvalue weighted by Gasteiger charge is 2.54. The molecular weight excluding hydrogens is 248 g/mol. The SMILES string of the molecule is CN(C)c1ccc(N2CC3C4C=CC(C4)C3C2=O)cc1. The molecule has 1 aromatic carbocycles. The molecule has 0 radical (unpaired) electrons. The number of amides is 1. The molecule has 4 rings (SSSR count). The van der Waals surface area contributed by atoms with Crippen LogP contribution in [0.15, 0.2) is 36.4 Å². The van der Waals surface area contributed by atoms with Crippen molar-refractivity contribution in [2.75, 3.05) is 30.4 Å². The van der Waals surface area contributed by atoms with Crippen LogP contribution in [0.2, 0.25) is 0 Å². The third kappa shape index (κ3) is 1.55. The summed E-state index contributed by atoms with van der Waals surface area (Å²) >= 11 is 0. The van der Waals surface area contributed by atoms with Gasteiger partial charge in [0.05, 0.1) is 0 Å². The van der Waals surface area contributed by atoms with Crippen LogP contribution in [0.3, 0.4) is 0 Å².